The Morgan fingerprint density at radius 2 is 2.04 bits per heavy atom. The number of rotatable bonds is 8. The van der Waals surface area contributed by atoms with Gasteiger partial charge in [-0.15, -0.1) is 5.10 Å². The number of H-pyrrole nitrogens is 1. The molecule has 0 unspecified atom stereocenters. The summed E-state index contributed by atoms with van der Waals surface area (Å²) in [6, 6.07) is 5.29. The monoisotopic (exact) mass is 317 g/mol. The van der Waals surface area contributed by atoms with Crippen molar-refractivity contribution in [2.24, 2.45) is 0 Å². The Kier molecular flexibility index (Phi) is 5.74. The van der Waals surface area contributed by atoms with Crippen LogP contribution in [0.3, 0.4) is 0 Å². The predicted molar refractivity (Wildman–Crippen MR) is 84.6 cm³/mol. The summed E-state index contributed by atoms with van der Waals surface area (Å²) in [6.07, 6.45) is 1.65. The molecule has 0 spiro atoms. The first-order valence-corrected chi connectivity index (χ1v) is 7.30. The van der Waals surface area contributed by atoms with E-state index < -0.39 is 5.97 Å². The number of ether oxygens (including phenoxy) is 3. The number of esters is 1. The van der Waals surface area contributed by atoms with E-state index in [0.29, 0.717) is 36.0 Å². The molecule has 2 rings (SSSR count). The second-order valence-electron chi connectivity index (χ2n) is 4.44. The molecule has 7 nitrogen and oxygen atoms in total. The fraction of sp³-hybridized carbons (Fsp3) is 0.312. The van der Waals surface area contributed by atoms with Crippen molar-refractivity contribution in [2.45, 2.75) is 13.8 Å². The highest BCUT2D eigenvalue weighted by molar-refractivity contribution is 5.94. The summed E-state index contributed by atoms with van der Waals surface area (Å²) in [7, 11) is 0. The summed E-state index contributed by atoms with van der Waals surface area (Å²) in [6.45, 7) is 8.35. The minimum atomic E-state index is -0.527. The molecule has 0 aliphatic carbocycles. The molecule has 122 valence electrons. The van der Waals surface area contributed by atoms with Crippen LogP contribution in [0.2, 0.25) is 0 Å². The lowest BCUT2D eigenvalue weighted by Crippen LogP contribution is -2.07. The van der Waals surface area contributed by atoms with E-state index in [2.05, 4.69) is 22.0 Å². The molecule has 0 saturated carbocycles. The van der Waals surface area contributed by atoms with Crippen LogP contribution >= 0.6 is 0 Å². The van der Waals surface area contributed by atoms with Crippen LogP contribution < -0.4 is 9.47 Å². The molecule has 0 fully saturated rings. The number of aromatic nitrogens is 3. The first-order chi connectivity index (χ1) is 11.2. The van der Waals surface area contributed by atoms with Crippen LogP contribution in [0.1, 0.15) is 24.3 Å². The number of carbonyl (C=O) groups is 1. The summed E-state index contributed by atoms with van der Waals surface area (Å²) in [4.78, 5) is 11.9. The summed E-state index contributed by atoms with van der Waals surface area (Å²) in [5.41, 5.74) is 1.21. The second kappa shape index (κ2) is 7.98. The zero-order valence-corrected chi connectivity index (χ0v) is 13.2. The van der Waals surface area contributed by atoms with E-state index in [-0.39, 0.29) is 12.3 Å². The van der Waals surface area contributed by atoms with Crippen molar-refractivity contribution >= 4 is 5.97 Å². The van der Waals surface area contributed by atoms with Crippen LogP contribution in [0.25, 0.3) is 11.3 Å². The minimum Gasteiger partial charge on any atom is -0.490 e. The maximum atomic E-state index is 11.9. The van der Waals surface area contributed by atoms with Crippen LogP contribution in [0.15, 0.2) is 30.9 Å². The molecule has 0 amide bonds. The van der Waals surface area contributed by atoms with Gasteiger partial charge in [-0.05, 0) is 32.0 Å². The molecular weight excluding hydrogens is 298 g/mol. The molecule has 1 aromatic carbocycles. The van der Waals surface area contributed by atoms with Crippen LogP contribution in [-0.2, 0) is 4.74 Å². The second-order valence-corrected chi connectivity index (χ2v) is 4.44. The molecule has 1 N–H and O–H groups in total. The third kappa shape index (κ3) is 3.88. The van der Waals surface area contributed by atoms with Gasteiger partial charge in [0.05, 0.1) is 13.2 Å². The molecule has 0 saturated heterocycles. The van der Waals surface area contributed by atoms with Crippen LogP contribution in [-0.4, -0.2) is 41.2 Å². The molecule has 0 bridgehead atoms. The van der Waals surface area contributed by atoms with Gasteiger partial charge in [0.15, 0.2) is 17.2 Å². The topological polar surface area (TPSA) is 86.3 Å². The first kappa shape index (κ1) is 16.5. The summed E-state index contributed by atoms with van der Waals surface area (Å²) >= 11 is 0. The van der Waals surface area contributed by atoms with Gasteiger partial charge in [-0.2, -0.15) is 10.3 Å². The molecule has 1 heterocycles. The molecule has 2 aromatic rings. The van der Waals surface area contributed by atoms with Gasteiger partial charge in [0.2, 0.25) is 0 Å². The zero-order chi connectivity index (χ0) is 16.7. The van der Waals surface area contributed by atoms with E-state index in [1.165, 1.54) is 0 Å². The quantitative estimate of drug-likeness (QED) is 0.595. The SMILES string of the molecule is C=CCOc1ccc(-c2n[nH]nc2C(=O)OCC)cc1OCC. The van der Waals surface area contributed by atoms with Gasteiger partial charge in [0.25, 0.3) is 0 Å². The van der Waals surface area contributed by atoms with Crippen LogP contribution in [0.4, 0.5) is 0 Å². The maximum absolute atomic E-state index is 11.9. The third-order valence-electron chi connectivity index (χ3n) is 2.89. The number of hydrogen-bond donors (Lipinski definition) is 1. The van der Waals surface area contributed by atoms with Gasteiger partial charge in [0, 0.05) is 5.56 Å². The first-order valence-electron chi connectivity index (χ1n) is 7.30. The van der Waals surface area contributed by atoms with E-state index in [4.69, 9.17) is 14.2 Å². The predicted octanol–water partition coefficient (Wildman–Crippen LogP) is 2.61. The smallest absolute Gasteiger partial charge is 0.361 e. The van der Waals surface area contributed by atoms with Crippen molar-refractivity contribution in [1.82, 2.24) is 15.4 Å². The Labute approximate surface area is 134 Å². The van der Waals surface area contributed by atoms with E-state index in [1.54, 1.807) is 31.2 Å². The van der Waals surface area contributed by atoms with E-state index >= 15 is 0 Å². The number of nitrogens with one attached hydrogen (secondary N) is 1. The van der Waals surface area contributed by atoms with Crippen LogP contribution in [0, 0.1) is 0 Å². The Bertz CT molecular complexity index is 682. The molecule has 0 aliphatic rings. The highest BCUT2D eigenvalue weighted by Crippen LogP contribution is 2.33. The molecule has 1 aromatic heterocycles. The van der Waals surface area contributed by atoms with Crippen molar-refractivity contribution in [3.05, 3.63) is 36.5 Å². The van der Waals surface area contributed by atoms with Gasteiger partial charge in [0.1, 0.15) is 12.3 Å². The summed E-state index contributed by atoms with van der Waals surface area (Å²) in [5, 5.41) is 10.3. The fourth-order valence-electron chi connectivity index (χ4n) is 1.97. The lowest BCUT2D eigenvalue weighted by atomic mass is 10.1. The van der Waals surface area contributed by atoms with Gasteiger partial charge >= 0.3 is 5.97 Å². The van der Waals surface area contributed by atoms with Crippen molar-refractivity contribution in [1.29, 1.82) is 0 Å². The fourth-order valence-corrected chi connectivity index (χ4v) is 1.97. The minimum absolute atomic E-state index is 0.133. The van der Waals surface area contributed by atoms with Gasteiger partial charge in [-0.1, -0.05) is 12.7 Å². The lowest BCUT2D eigenvalue weighted by molar-refractivity contribution is 0.0520. The molecule has 0 atom stereocenters. The maximum Gasteiger partial charge on any atom is 0.361 e. The molecule has 7 heteroatoms. The molecule has 23 heavy (non-hydrogen) atoms. The number of aromatic amines is 1. The van der Waals surface area contributed by atoms with E-state index in [1.807, 2.05) is 6.92 Å². The lowest BCUT2D eigenvalue weighted by Gasteiger charge is -2.12. The molecule has 0 aliphatic heterocycles. The van der Waals surface area contributed by atoms with Crippen molar-refractivity contribution < 1.29 is 19.0 Å². The van der Waals surface area contributed by atoms with Gasteiger partial charge < -0.3 is 14.2 Å². The largest absolute Gasteiger partial charge is 0.490 e. The van der Waals surface area contributed by atoms with Gasteiger partial charge in [-0.3, -0.25) is 0 Å². The van der Waals surface area contributed by atoms with Gasteiger partial charge in [-0.25, -0.2) is 4.79 Å². The highest BCUT2D eigenvalue weighted by atomic mass is 16.5. The third-order valence-corrected chi connectivity index (χ3v) is 2.89. The summed E-state index contributed by atoms with van der Waals surface area (Å²) in [5.74, 6) is 0.627. The van der Waals surface area contributed by atoms with Crippen LogP contribution in [0.5, 0.6) is 11.5 Å². The Morgan fingerprint density at radius 3 is 2.74 bits per heavy atom. The zero-order valence-electron chi connectivity index (χ0n) is 13.2. The normalized spacial score (nSPS) is 10.2. The average Bonchev–Trinajstić information content (AvgIpc) is 3.04. The number of carbonyl (C=O) groups excluding carboxylic acids is 1. The van der Waals surface area contributed by atoms with Crippen molar-refractivity contribution in [3.8, 4) is 22.8 Å². The Balaban J connectivity index is 2.37. The number of benzene rings is 1. The summed E-state index contributed by atoms with van der Waals surface area (Å²) < 4.78 is 16.1. The van der Waals surface area contributed by atoms with Crippen molar-refractivity contribution in [3.63, 3.8) is 0 Å². The Morgan fingerprint density at radius 1 is 1.22 bits per heavy atom. The number of hydrogen-bond acceptors (Lipinski definition) is 6. The molecular formula is C16H19N3O4. The molecule has 0 radical (unpaired) electrons. The Hall–Kier alpha value is -2.83. The van der Waals surface area contributed by atoms with Crippen molar-refractivity contribution in [2.75, 3.05) is 19.8 Å². The highest BCUT2D eigenvalue weighted by Gasteiger charge is 2.20. The number of nitrogens with zero attached hydrogens (tertiary/aromatic N) is 2. The average molecular weight is 317 g/mol. The van der Waals surface area contributed by atoms with E-state index in [9.17, 15) is 4.79 Å². The van der Waals surface area contributed by atoms with E-state index in [0.717, 1.165) is 0 Å². The standard InChI is InChI=1S/C16H19N3O4/c1-4-9-23-12-8-7-11(10-13(12)21-5-2)14-15(18-19-17-14)16(20)22-6-3/h4,7-8,10H,1,5-6,9H2,2-3H3,(H,17,18,19).